The number of nitrogens with zero attached hydrogens (tertiary/aromatic N) is 1. The molecule has 0 bridgehead atoms. The van der Waals surface area contributed by atoms with Gasteiger partial charge in [-0.3, -0.25) is 4.79 Å². The lowest BCUT2D eigenvalue weighted by Crippen LogP contribution is -2.46. The predicted molar refractivity (Wildman–Crippen MR) is 84.8 cm³/mol. The second kappa shape index (κ2) is 7.21. The van der Waals surface area contributed by atoms with E-state index in [1.165, 1.54) is 4.31 Å². The molecule has 1 amide bonds. The summed E-state index contributed by atoms with van der Waals surface area (Å²) in [4.78, 5) is 11.8. The molecule has 0 spiro atoms. The first-order chi connectivity index (χ1) is 10.4. The number of hydrogen-bond acceptors (Lipinski definition) is 4. The van der Waals surface area contributed by atoms with Crippen molar-refractivity contribution in [1.82, 2.24) is 9.62 Å². The second-order valence-electron chi connectivity index (χ2n) is 5.60. The number of amides is 1. The summed E-state index contributed by atoms with van der Waals surface area (Å²) in [6.07, 6.45) is 1.56. The van der Waals surface area contributed by atoms with Crippen molar-refractivity contribution in [2.45, 2.75) is 37.1 Å². The number of nitrogens with one attached hydrogen (secondary N) is 1. The molecule has 0 unspecified atom stereocenters. The Balaban J connectivity index is 1.96. The van der Waals surface area contributed by atoms with Gasteiger partial charge in [0.25, 0.3) is 0 Å². The van der Waals surface area contributed by atoms with Gasteiger partial charge < -0.3 is 11.1 Å². The maximum Gasteiger partial charge on any atom is 0.243 e. The Bertz CT molecular complexity index is 605. The summed E-state index contributed by atoms with van der Waals surface area (Å²) < 4.78 is 26.6. The lowest BCUT2D eigenvalue weighted by atomic mass is 10.1. The van der Waals surface area contributed by atoms with Gasteiger partial charge in [0, 0.05) is 32.1 Å². The molecular weight excluding hydrogens is 302 g/mol. The smallest absolute Gasteiger partial charge is 0.243 e. The Morgan fingerprint density at radius 1 is 1.27 bits per heavy atom. The average Bonchev–Trinajstić information content (AvgIpc) is 2.48. The number of sulfonamides is 1. The summed E-state index contributed by atoms with van der Waals surface area (Å²) in [7, 11) is -3.44. The number of rotatable bonds is 5. The van der Waals surface area contributed by atoms with Crippen LogP contribution in [0.1, 0.15) is 24.8 Å². The zero-order chi connectivity index (χ0) is 16.2. The van der Waals surface area contributed by atoms with Gasteiger partial charge in [-0.1, -0.05) is 17.7 Å². The summed E-state index contributed by atoms with van der Waals surface area (Å²) in [5, 5.41) is 2.90. The monoisotopic (exact) mass is 325 g/mol. The van der Waals surface area contributed by atoms with Crippen LogP contribution in [0.2, 0.25) is 0 Å². The molecule has 0 aromatic heterocycles. The van der Waals surface area contributed by atoms with Crippen molar-refractivity contribution in [3.63, 3.8) is 0 Å². The highest BCUT2D eigenvalue weighted by molar-refractivity contribution is 7.89. The van der Waals surface area contributed by atoms with Gasteiger partial charge in [-0.05, 0) is 31.9 Å². The maximum absolute atomic E-state index is 12.6. The molecule has 1 heterocycles. The van der Waals surface area contributed by atoms with E-state index in [0.717, 1.165) is 5.56 Å². The molecule has 0 saturated carbocycles. The highest BCUT2D eigenvalue weighted by atomic mass is 32.2. The van der Waals surface area contributed by atoms with Gasteiger partial charge in [0.1, 0.15) is 0 Å². The molecule has 1 aliphatic heterocycles. The van der Waals surface area contributed by atoms with Crippen LogP contribution in [0.15, 0.2) is 29.2 Å². The number of piperidine rings is 1. The third-order valence-corrected chi connectivity index (χ3v) is 5.76. The molecule has 7 heteroatoms. The third-order valence-electron chi connectivity index (χ3n) is 3.85. The van der Waals surface area contributed by atoms with E-state index in [9.17, 15) is 13.2 Å². The largest absolute Gasteiger partial charge is 0.353 e. The Labute approximate surface area is 131 Å². The quantitative estimate of drug-likeness (QED) is 0.830. The number of nitrogens with two attached hydrogens (primary N) is 1. The zero-order valence-electron chi connectivity index (χ0n) is 12.8. The molecule has 122 valence electrons. The summed E-state index contributed by atoms with van der Waals surface area (Å²) in [6.45, 7) is 3.09. The summed E-state index contributed by atoms with van der Waals surface area (Å²) in [5.41, 5.74) is 6.37. The standard InChI is InChI=1S/C15H23N3O3S/c1-12-2-4-14(5-3-12)22(20,21)18-10-7-13(8-11-18)17-15(19)6-9-16/h2-5,13H,6-11,16H2,1H3,(H,17,19). The van der Waals surface area contributed by atoms with Crippen LogP contribution in [-0.4, -0.2) is 44.3 Å². The molecule has 22 heavy (non-hydrogen) atoms. The third kappa shape index (κ3) is 4.06. The Hall–Kier alpha value is -1.44. The minimum Gasteiger partial charge on any atom is -0.353 e. The van der Waals surface area contributed by atoms with Crippen LogP contribution in [0.5, 0.6) is 0 Å². The SMILES string of the molecule is Cc1ccc(S(=O)(=O)N2CCC(NC(=O)CCN)CC2)cc1. The molecule has 2 rings (SSSR count). The molecule has 1 aliphatic rings. The first kappa shape index (κ1) is 16.9. The average molecular weight is 325 g/mol. The van der Waals surface area contributed by atoms with Crippen molar-refractivity contribution in [1.29, 1.82) is 0 Å². The molecule has 1 aromatic carbocycles. The Kier molecular flexibility index (Phi) is 5.55. The maximum atomic E-state index is 12.6. The van der Waals surface area contributed by atoms with Crippen LogP contribution in [0.4, 0.5) is 0 Å². The fourth-order valence-corrected chi connectivity index (χ4v) is 4.00. The van der Waals surface area contributed by atoms with E-state index in [0.29, 0.717) is 43.8 Å². The summed E-state index contributed by atoms with van der Waals surface area (Å²) in [5.74, 6) is -0.0673. The Morgan fingerprint density at radius 3 is 2.41 bits per heavy atom. The number of benzene rings is 1. The zero-order valence-corrected chi connectivity index (χ0v) is 13.6. The first-order valence-corrected chi connectivity index (χ1v) is 8.94. The lowest BCUT2D eigenvalue weighted by Gasteiger charge is -2.31. The van der Waals surface area contributed by atoms with Gasteiger partial charge in [-0.2, -0.15) is 4.31 Å². The highest BCUT2D eigenvalue weighted by Crippen LogP contribution is 2.21. The van der Waals surface area contributed by atoms with Gasteiger partial charge in [0.05, 0.1) is 4.90 Å². The Morgan fingerprint density at radius 2 is 1.86 bits per heavy atom. The van der Waals surface area contributed by atoms with Gasteiger partial charge in [0.2, 0.25) is 15.9 Å². The molecule has 1 aromatic rings. The molecule has 0 radical (unpaired) electrons. The molecule has 1 fully saturated rings. The fraction of sp³-hybridized carbons (Fsp3) is 0.533. The van der Waals surface area contributed by atoms with Crippen LogP contribution in [0.25, 0.3) is 0 Å². The molecular formula is C15H23N3O3S. The topological polar surface area (TPSA) is 92.5 Å². The van der Waals surface area contributed by atoms with Crippen molar-refractivity contribution < 1.29 is 13.2 Å². The second-order valence-corrected chi connectivity index (χ2v) is 7.54. The number of carbonyl (C=O) groups is 1. The number of carbonyl (C=O) groups excluding carboxylic acids is 1. The lowest BCUT2D eigenvalue weighted by molar-refractivity contribution is -0.121. The van der Waals surface area contributed by atoms with Gasteiger partial charge in [-0.15, -0.1) is 0 Å². The summed E-state index contributed by atoms with van der Waals surface area (Å²) >= 11 is 0. The molecule has 1 saturated heterocycles. The van der Waals surface area contributed by atoms with Crippen molar-refractivity contribution in [3.05, 3.63) is 29.8 Å². The van der Waals surface area contributed by atoms with E-state index in [-0.39, 0.29) is 11.9 Å². The van der Waals surface area contributed by atoms with Crippen LogP contribution >= 0.6 is 0 Å². The van der Waals surface area contributed by atoms with E-state index in [2.05, 4.69) is 5.32 Å². The number of hydrogen-bond donors (Lipinski definition) is 2. The number of aryl methyl sites for hydroxylation is 1. The van der Waals surface area contributed by atoms with Gasteiger partial charge in [0.15, 0.2) is 0 Å². The minimum atomic E-state index is -3.44. The minimum absolute atomic E-state index is 0.0310. The van der Waals surface area contributed by atoms with Crippen molar-refractivity contribution in [3.8, 4) is 0 Å². The summed E-state index contributed by atoms with van der Waals surface area (Å²) in [6, 6.07) is 6.90. The van der Waals surface area contributed by atoms with E-state index in [4.69, 9.17) is 5.73 Å². The molecule has 0 atom stereocenters. The van der Waals surface area contributed by atoms with Crippen molar-refractivity contribution >= 4 is 15.9 Å². The fourth-order valence-electron chi connectivity index (χ4n) is 2.53. The highest BCUT2D eigenvalue weighted by Gasteiger charge is 2.29. The normalized spacial score (nSPS) is 17.4. The van der Waals surface area contributed by atoms with Crippen LogP contribution in [0, 0.1) is 6.92 Å². The van der Waals surface area contributed by atoms with Crippen molar-refractivity contribution in [2.24, 2.45) is 5.73 Å². The van der Waals surface area contributed by atoms with Crippen LogP contribution in [-0.2, 0) is 14.8 Å². The predicted octanol–water partition coefficient (Wildman–Crippen LogP) is 0.613. The molecule has 6 nitrogen and oxygen atoms in total. The van der Waals surface area contributed by atoms with E-state index in [1.807, 2.05) is 6.92 Å². The van der Waals surface area contributed by atoms with Gasteiger partial charge >= 0.3 is 0 Å². The van der Waals surface area contributed by atoms with E-state index < -0.39 is 10.0 Å². The van der Waals surface area contributed by atoms with Crippen molar-refractivity contribution in [2.75, 3.05) is 19.6 Å². The van der Waals surface area contributed by atoms with Crippen LogP contribution < -0.4 is 11.1 Å². The van der Waals surface area contributed by atoms with E-state index in [1.54, 1.807) is 24.3 Å². The van der Waals surface area contributed by atoms with Crippen LogP contribution in [0.3, 0.4) is 0 Å². The van der Waals surface area contributed by atoms with E-state index >= 15 is 0 Å². The van der Waals surface area contributed by atoms with Gasteiger partial charge in [-0.25, -0.2) is 8.42 Å². The molecule has 3 N–H and O–H groups in total. The first-order valence-electron chi connectivity index (χ1n) is 7.49. The molecule has 0 aliphatic carbocycles.